The Morgan fingerprint density at radius 2 is 1.88 bits per heavy atom. The van der Waals surface area contributed by atoms with Crippen LogP contribution in [0.5, 0.6) is 0 Å². The van der Waals surface area contributed by atoms with Crippen molar-refractivity contribution in [3.05, 3.63) is 0 Å². The SMILES string of the molecule is CN1C(=O)N(CC(=O)O)C(=O)C12CCCCC2. The average molecular weight is 240 g/mol. The van der Waals surface area contributed by atoms with E-state index in [0.29, 0.717) is 12.8 Å². The maximum Gasteiger partial charge on any atom is 0.327 e. The Balaban J connectivity index is 2.27. The predicted molar refractivity (Wildman–Crippen MR) is 58.3 cm³/mol. The maximum atomic E-state index is 12.2. The van der Waals surface area contributed by atoms with E-state index < -0.39 is 24.1 Å². The molecule has 17 heavy (non-hydrogen) atoms. The van der Waals surface area contributed by atoms with Gasteiger partial charge in [0.25, 0.3) is 5.91 Å². The molecule has 1 saturated heterocycles. The first-order valence-corrected chi connectivity index (χ1v) is 5.80. The topological polar surface area (TPSA) is 77.9 Å². The van der Waals surface area contributed by atoms with Gasteiger partial charge in [-0.2, -0.15) is 0 Å². The third-order valence-electron chi connectivity index (χ3n) is 3.78. The van der Waals surface area contributed by atoms with Crippen molar-refractivity contribution in [2.75, 3.05) is 13.6 Å². The highest BCUT2D eigenvalue weighted by molar-refractivity contribution is 6.08. The first-order valence-electron chi connectivity index (χ1n) is 5.80. The zero-order valence-corrected chi connectivity index (χ0v) is 9.81. The van der Waals surface area contributed by atoms with Crippen molar-refractivity contribution in [2.24, 2.45) is 0 Å². The van der Waals surface area contributed by atoms with E-state index >= 15 is 0 Å². The molecule has 94 valence electrons. The van der Waals surface area contributed by atoms with Crippen LogP contribution in [0.1, 0.15) is 32.1 Å². The van der Waals surface area contributed by atoms with Crippen molar-refractivity contribution >= 4 is 17.9 Å². The molecule has 0 unspecified atom stereocenters. The number of urea groups is 1. The second-order valence-corrected chi connectivity index (χ2v) is 4.72. The third-order valence-corrected chi connectivity index (χ3v) is 3.78. The summed E-state index contributed by atoms with van der Waals surface area (Å²) < 4.78 is 0. The van der Waals surface area contributed by atoms with Gasteiger partial charge < -0.3 is 10.0 Å². The molecule has 1 heterocycles. The summed E-state index contributed by atoms with van der Waals surface area (Å²) in [6.45, 7) is -0.538. The molecule has 0 aromatic heterocycles. The number of carbonyl (C=O) groups excluding carboxylic acids is 2. The minimum Gasteiger partial charge on any atom is -0.480 e. The zero-order valence-electron chi connectivity index (χ0n) is 9.81. The third kappa shape index (κ3) is 1.67. The number of carboxylic acids is 1. The molecule has 2 rings (SSSR count). The van der Waals surface area contributed by atoms with Gasteiger partial charge in [-0.3, -0.25) is 14.5 Å². The number of amides is 3. The van der Waals surface area contributed by atoms with E-state index in [9.17, 15) is 14.4 Å². The lowest BCUT2D eigenvalue weighted by atomic mass is 9.81. The molecule has 1 aliphatic carbocycles. The van der Waals surface area contributed by atoms with Crippen molar-refractivity contribution < 1.29 is 19.5 Å². The molecule has 3 amide bonds. The van der Waals surface area contributed by atoms with E-state index in [-0.39, 0.29) is 5.91 Å². The Kier molecular flexibility index (Phi) is 2.81. The number of carboxylic acid groups (broad SMARTS) is 1. The molecule has 1 N–H and O–H groups in total. The Morgan fingerprint density at radius 3 is 2.41 bits per heavy atom. The van der Waals surface area contributed by atoms with Gasteiger partial charge in [-0.05, 0) is 12.8 Å². The van der Waals surface area contributed by atoms with Crippen LogP contribution in [0.3, 0.4) is 0 Å². The number of imide groups is 1. The molecular formula is C11H16N2O4. The largest absolute Gasteiger partial charge is 0.480 e. The number of nitrogens with zero attached hydrogens (tertiary/aromatic N) is 2. The van der Waals surface area contributed by atoms with Crippen LogP contribution in [0.15, 0.2) is 0 Å². The number of hydrogen-bond acceptors (Lipinski definition) is 3. The second kappa shape index (κ2) is 4.01. The fourth-order valence-electron chi connectivity index (χ4n) is 2.81. The van der Waals surface area contributed by atoms with Crippen LogP contribution >= 0.6 is 0 Å². The summed E-state index contributed by atoms with van der Waals surface area (Å²) in [5, 5.41) is 8.72. The summed E-state index contributed by atoms with van der Waals surface area (Å²) >= 11 is 0. The second-order valence-electron chi connectivity index (χ2n) is 4.72. The fraction of sp³-hybridized carbons (Fsp3) is 0.727. The predicted octanol–water partition coefficient (Wildman–Crippen LogP) is 0.668. The van der Waals surface area contributed by atoms with Crippen molar-refractivity contribution in [3.63, 3.8) is 0 Å². The lowest BCUT2D eigenvalue weighted by molar-refractivity contribution is -0.143. The van der Waals surface area contributed by atoms with Gasteiger partial charge in [-0.15, -0.1) is 0 Å². The maximum absolute atomic E-state index is 12.2. The summed E-state index contributed by atoms with van der Waals surface area (Å²) in [5.41, 5.74) is -0.773. The van der Waals surface area contributed by atoms with Gasteiger partial charge in [0.1, 0.15) is 12.1 Å². The molecule has 2 fully saturated rings. The molecule has 1 saturated carbocycles. The standard InChI is InChI=1S/C11H16N2O4/c1-12-10(17)13(7-8(14)15)9(16)11(12)5-3-2-4-6-11/h2-7H2,1H3,(H,14,15). The lowest BCUT2D eigenvalue weighted by Gasteiger charge is -2.35. The van der Waals surface area contributed by atoms with Gasteiger partial charge in [-0.25, -0.2) is 4.79 Å². The molecule has 2 aliphatic rings. The molecule has 6 heteroatoms. The molecule has 6 nitrogen and oxygen atoms in total. The quantitative estimate of drug-likeness (QED) is 0.719. The Bertz CT molecular complexity index is 374. The zero-order chi connectivity index (χ0) is 12.6. The highest BCUT2D eigenvalue weighted by Gasteiger charge is 2.55. The summed E-state index contributed by atoms with van der Waals surface area (Å²) in [6, 6.07) is -0.487. The fourth-order valence-corrected chi connectivity index (χ4v) is 2.81. The minimum absolute atomic E-state index is 0.341. The van der Waals surface area contributed by atoms with Gasteiger partial charge >= 0.3 is 12.0 Å². The van der Waals surface area contributed by atoms with Crippen LogP contribution in [0.2, 0.25) is 0 Å². The monoisotopic (exact) mass is 240 g/mol. The smallest absolute Gasteiger partial charge is 0.327 e. The van der Waals surface area contributed by atoms with Gasteiger partial charge in [-0.1, -0.05) is 19.3 Å². The lowest BCUT2D eigenvalue weighted by Crippen LogP contribution is -2.49. The number of likely N-dealkylation sites (N-methyl/N-ethyl adjacent to an activating group) is 1. The molecule has 1 spiro atoms. The van der Waals surface area contributed by atoms with E-state index in [1.54, 1.807) is 7.05 Å². The molecule has 0 aromatic carbocycles. The number of carbonyl (C=O) groups is 3. The summed E-state index contributed by atoms with van der Waals surface area (Å²) in [6.07, 6.45) is 4.17. The number of hydrogen-bond donors (Lipinski definition) is 1. The van der Waals surface area contributed by atoms with Crippen molar-refractivity contribution in [3.8, 4) is 0 Å². The van der Waals surface area contributed by atoms with Crippen molar-refractivity contribution in [1.29, 1.82) is 0 Å². The first-order chi connectivity index (χ1) is 7.99. The van der Waals surface area contributed by atoms with E-state index in [1.165, 1.54) is 4.90 Å². The average Bonchev–Trinajstić information content (AvgIpc) is 2.47. The molecule has 0 radical (unpaired) electrons. The number of rotatable bonds is 2. The molecule has 0 aromatic rings. The molecule has 1 aliphatic heterocycles. The van der Waals surface area contributed by atoms with Crippen LogP contribution in [-0.4, -0.2) is 51.9 Å². The highest BCUT2D eigenvalue weighted by Crippen LogP contribution is 2.39. The highest BCUT2D eigenvalue weighted by atomic mass is 16.4. The van der Waals surface area contributed by atoms with E-state index in [2.05, 4.69) is 0 Å². The summed E-state index contributed by atoms with van der Waals surface area (Å²) in [5.74, 6) is -1.50. The summed E-state index contributed by atoms with van der Waals surface area (Å²) in [4.78, 5) is 37.1. The van der Waals surface area contributed by atoms with Crippen LogP contribution in [0, 0.1) is 0 Å². The van der Waals surface area contributed by atoms with Crippen LogP contribution in [0.4, 0.5) is 4.79 Å². The van der Waals surface area contributed by atoms with Crippen LogP contribution in [-0.2, 0) is 9.59 Å². The van der Waals surface area contributed by atoms with Gasteiger partial charge in [0.05, 0.1) is 0 Å². The van der Waals surface area contributed by atoms with Gasteiger partial charge in [0.2, 0.25) is 0 Å². The summed E-state index contributed by atoms with van der Waals surface area (Å²) in [7, 11) is 1.59. The van der Waals surface area contributed by atoms with Gasteiger partial charge in [0, 0.05) is 7.05 Å². The minimum atomic E-state index is -1.16. The van der Waals surface area contributed by atoms with E-state index in [4.69, 9.17) is 5.11 Å². The van der Waals surface area contributed by atoms with E-state index in [0.717, 1.165) is 24.2 Å². The van der Waals surface area contributed by atoms with Crippen molar-refractivity contribution in [1.82, 2.24) is 9.80 Å². The Morgan fingerprint density at radius 1 is 1.29 bits per heavy atom. The van der Waals surface area contributed by atoms with E-state index in [1.807, 2.05) is 0 Å². The Labute approximate surface area is 99.2 Å². The van der Waals surface area contributed by atoms with Crippen LogP contribution < -0.4 is 0 Å². The number of aliphatic carboxylic acids is 1. The first kappa shape index (κ1) is 11.9. The van der Waals surface area contributed by atoms with Gasteiger partial charge in [0.15, 0.2) is 0 Å². The molecular weight excluding hydrogens is 224 g/mol. The molecule has 0 atom stereocenters. The Hall–Kier alpha value is -1.59. The van der Waals surface area contributed by atoms with Crippen molar-refractivity contribution in [2.45, 2.75) is 37.6 Å². The molecule has 0 bridgehead atoms. The van der Waals surface area contributed by atoms with Crippen LogP contribution in [0.25, 0.3) is 0 Å². The normalized spacial score (nSPS) is 23.6.